The molecule has 2 aliphatic heterocycles. The summed E-state index contributed by atoms with van der Waals surface area (Å²) in [5.74, 6) is 0.408. The third-order valence-corrected chi connectivity index (χ3v) is 4.78. The standard InChI is InChI=1S/C21H22F3N9O.2H2/c1-4-13(18(25-2)21(22,23)24)10-29-20(34)14-5-8-27-16(9-14)28-11-17-31-32-19(33(17)3)15-6-7-26-12-30-15;;/h4-6,8-9,12H,1-2,7,10-11H2,3H3,(H,26,30)(H,27,28)(H,29,34);2*1H/q+1;;/b18-13+;;. The van der Waals surface area contributed by atoms with Crippen LogP contribution in [0.3, 0.4) is 0 Å². The highest BCUT2D eigenvalue weighted by Crippen LogP contribution is 2.29. The van der Waals surface area contributed by atoms with E-state index in [4.69, 9.17) is 0 Å². The lowest BCUT2D eigenvalue weighted by atomic mass is 10.1. The van der Waals surface area contributed by atoms with E-state index in [1.165, 1.54) is 18.3 Å². The highest BCUT2D eigenvalue weighted by atomic mass is 19.4. The predicted octanol–water partition coefficient (Wildman–Crippen LogP) is 2.93. The summed E-state index contributed by atoms with van der Waals surface area (Å²) in [5.41, 5.74) is -0.499. The second-order valence-electron chi connectivity index (χ2n) is 6.96. The van der Waals surface area contributed by atoms with Crippen molar-refractivity contribution < 1.29 is 25.4 Å². The van der Waals surface area contributed by atoms with E-state index in [1.807, 2.05) is 13.1 Å². The molecule has 0 bridgehead atoms. The number of carbonyl (C=O) groups is 1. The minimum Gasteiger partial charge on any atom is -0.358 e. The van der Waals surface area contributed by atoms with Crippen LogP contribution in [0.15, 0.2) is 74.2 Å². The molecule has 1 radical (unpaired) electrons. The third kappa shape index (κ3) is 5.79. The summed E-state index contributed by atoms with van der Waals surface area (Å²) < 4.78 is 40.9. The average molecular weight is 477 g/mol. The second kappa shape index (κ2) is 10.6. The van der Waals surface area contributed by atoms with Gasteiger partial charge in [-0.15, -0.1) is 0 Å². The molecule has 10 nitrogen and oxygen atoms in total. The van der Waals surface area contributed by atoms with Crippen LogP contribution in [-0.4, -0.2) is 67.2 Å². The molecule has 3 heterocycles. The molecule has 0 saturated carbocycles. The first-order chi connectivity index (χ1) is 16.2. The van der Waals surface area contributed by atoms with Crippen molar-refractivity contribution in [2.24, 2.45) is 20.2 Å². The third-order valence-electron chi connectivity index (χ3n) is 4.78. The van der Waals surface area contributed by atoms with Gasteiger partial charge in [0.05, 0.1) is 30.7 Å². The zero-order valence-electron chi connectivity index (χ0n) is 18.2. The van der Waals surface area contributed by atoms with Crippen molar-refractivity contribution in [1.29, 1.82) is 0 Å². The molecular weight excluding hydrogens is 451 g/mol. The topological polar surface area (TPSA) is 118 Å². The van der Waals surface area contributed by atoms with Gasteiger partial charge in [-0.25, -0.2) is 9.56 Å². The molecule has 0 atom stereocenters. The molecule has 0 saturated heterocycles. The molecule has 3 N–H and O–H groups in total. The number of aromatic nitrogens is 1. The van der Waals surface area contributed by atoms with Gasteiger partial charge in [0.25, 0.3) is 5.91 Å². The fourth-order valence-electron chi connectivity index (χ4n) is 3.02. The van der Waals surface area contributed by atoms with E-state index in [1.54, 1.807) is 10.9 Å². The number of pyridine rings is 1. The van der Waals surface area contributed by atoms with Crippen LogP contribution in [0, 0.1) is 6.17 Å². The fourth-order valence-corrected chi connectivity index (χ4v) is 3.02. The summed E-state index contributed by atoms with van der Waals surface area (Å²) in [6, 6.07) is 2.92. The van der Waals surface area contributed by atoms with Gasteiger partial charge in [0.15, 0.2) is 0 Å². The minimum absolute atomic E-state index is 0. The average Bonchev–Trinajstić information content (AvgIpc) is 3.20. The smallest absolute Gasteiger partial charge is 0.358 e. The van der Waals surface area contributed by atoms with Gasteiger partial charge in [-0.05, 0) is 30.0 Å². The van der Waals surface area contributed by atoms with Crippen molar-refractivity contribution in [3.8, 4) is 0 Å². The molecule has 3 rings (SSSR count). The Balaban J connectivity index is 0.00000324. The molecule has 13 heteroatoms. The summed E-state index contributed by atoms with van der Waals surface area (Å²) in [7, 11) is 1.82. The number of hydrogen-bond donors (Lipinski definition) is 3. The molecule has 1 amide bonds. The first-order valence-electron chi connectivity index (χ1n) is 9.95. The van der Waals surface area contributed by atoms with Gasteiger partial charge in [0, 0.05) is 26.7 Å². The highest BCUT2D eigenvalue weighted by Gasteiger charge is 2.36. The van der Waals surface area contributed by atoms with Crippen molar-refractivity contribution in [3.05, 3.63) is 65.8 Å². The molecule has 0 unspecified atom stereocenters. The van der Waals surface area contributed by atoms with Crippen LogP contribution in [-0.2, 0) is 0 Å². The minimum atomic E-state index is -4.71. The van der Waals surface area contributed by atoms with Crippen LogP contribution in [0.5, 0.6) is 0 Å². The molecule has 34 heavy (non-hydrogen) atoms. The van der Waals surface area contributed by atoms with Gasteiger partial charge in [-0.3, -0.25) is 14.8 Å². The maximum Gasteiger partial charge on any atom is 0.433 e. The van der Waals surface area contributed by atoms with E-state index < -0.39 is 24.3 Å². The van der Waals surface area contributed by atoms with Crippen molar-refractivity contribution in [2.75, 3.05) is 32.0 Å². The summed E-state index contributed by atoms with van der Waals surface area (Å²) in [6.07, 6.45) is 1.81. The lowest BCUT2D eigenvalue weighted by Crippen LogP contribution is -2.28. The molecule has 0 aliphatic carbocycles. The number of anilines is 1. The van der Waals surface area contributed by atoms with Crippen LogP contribution in [0.4, 0.5) is 19.0 Å². The van der Waals surface area contributed by atoms with E-state index >= 15 is 0 Å². The zero-order chi connectivity index (χ0) is 24.7. The second-order valence-corrected chi connectivity index (χ2v) is 6.96. The van der Waals surface area contributed by atoms with Gasteiger partial charge in [-0.1, -0.05) is 12.7 Å². The molecule has 1 aromatic rings. The number of carbonyl (C=O) groups excluding carboxylic acids is 1. The lowest BCUT2D eigenvalue weighted by Gasteiger charge is -2.13. The van der Waals surface area contributed by atoms with Crippen LogP contribution >= 0.6 is 0 Å². The molecule has 1 aromatic heterocycles. The Morgan fingerprint density at radius 1 is 1.41 bits per heavy atom. The number of amidine groups is 1. The molecule has 0 aromatic carbocycles. The Hall–Kier alpha value is -4.16. The summed E-state index contributed by atoms with van der Waals surface area (Å²) >= 11 is 0. The molecule has 0 fully saturated rings. The number of azo groups is 1. The summed E-state index contributed by atoms with van der Waals surface area (Å²) in [6.45, 7) is 6.70. The maximum atomic E-state index is 13.0. The van der Waals surface area contributed by atoms with Crippen LogP contribution < -0.4 is 16.0 Å². The van der Waals surface area contributed by atoms with Gasteiger partial charge >= 0.3 is 18.2 Å². The number of likely N-dealkylation sites (N-methyl/N-ethyl adjacent to an activating group) is 1. The highest BCUT2D eigenvalue weighted by molar-refractivity contribution is 5.95. The van der Waals surface area contributed by atoms with E-state index in [0.29, 0.717) is 24.4 Å². The zero-order valence-corrected chi connectivity index (χ0v) is 18.2. The summed E-state index contributed by atoms with van der Waals surface area (Å²) in [4.78, 5) is 23.7. The number of nitrogens with zero attached hydrogens (tertiary/aromatic N) is 6. The van der Waals surface area contributed by atoms with Crippen molar-refractivity contribution in [1.82, 2.24) is 15.6 Å². The maximum absolute atomic E-state index is 13.0. The predicted molar refractivity (Wildman–Crippen MR) is 126 cm³/mol. The van der Waals surface area contributed by atoms with Crippen LogP contribution in [0.2, 0.25) is 0 Å². The van der Waals surface area contributed by atoms with Crippen molar-refractivity contribution in [3.63, 3.8) is 0 Å². The van der Waals surface area contributed by atoms with Gasteiger partial charge in [0.2, 0.25) is 0 Å². The largest absolute Gasteiger partial charge is 0.433 e. The number of aliphatic imine (C=N–C) groups is 2. The molecule has 0 spiro atoms. The van der Waals surface area contributed by atoms with E-state index in [0.717, 1.165) is 11.8 Å². The monoisotopic (exact) mass is 477 g/mol. The molecule has 2 aliphatic rings. The van der Waals surface area contributed by atoms with Crippen molar-refractivity contribution in [2.45, 2.75) is 6.18 Å². The fraction of sp³-hybridized carbons (Fsp3) is 0.238. The van der Waals surface area contributed by atoms with E-state index in [9.17, 15) is 18.0 Å². The number of hydrogen-bond acceptors (Lipinski definition) is 8. The SMILES string of the molecule is C=C/C(CNC(=O)c1ccnc(NCC2=[N+](C)[C](C3=CCN=CN3)N=N2)c1)=C(\N=C)C(F)(F)F.[HH].[HH]. The van der Waals surface area contributed by atoms with Gasteiger partial charge < -0.3 is 16.0 Å². The Morgan fingerprint density at radius 2 is 2.21 bits per heavy atom. The van der Waals surface area contributed by atoms with E-state index in [-0.39, 0.29) is 20.5 Å². The number of amides is 1. The number of rotatable bonds is 9. The molecule has 181 valence electrons. The Morgan fingerprint density at radius 3 is 2.85 bits per heavy atom. The van der Waals surface area contributed by atoms with Crippen LogP contribution in [0.25, 0.3) is 0 Å². The first kappa shape index (κ1) is 24.5. The van der Waals surface area contributed by atoms with Gasteiger partial charge in [-0.2, -0.15) is 13.2 Å². The van der Waals surface area contributed by atoms with Crippen LogP contribution in [0.1, 0.15) is 13.2 Å². The number of nitrogens with one attached hydrogen (secondary N) is 3. The Bertz CT molecular complexity index is 1140. The lowest BCUT2D eigenvalue weighted by molar-refractivity contribution is -0.472. The number of halogens is 3. The first-order valence-corrected chi connectivity index (χ1v) is 9.95. The normalized spacial score (nSPS) is 16.5. The Kier molecular flexibility index (Phi) is 7.66. The van der Waals surface area contributed by atoms with Crippen molar-refractivity contribution >= 4 is 30.6 Å². The number of alkyl halides is 3. The molecular formula is C21H26F3N9O+. The van der Waals surface area contributed by atoms with Gasteiger partial charge in [0.1, 0.15) is 18.1 Å². The van der Waals surface area contributed by atoms with E-state index in [2.05, 4.69) is 54.4 Å². The quantitative estimate of drug-likeness (QED) is 0.288. The summed E-state index contributed by atoms with van der Waals surface area (Å²) in [5, 5.41) is 16.8. The Labute approximate surface area is 196 Å². The number of allylic oxidation sites excluding steroid dienone is 1.